The zero-order chi connectivity index (χ0) is 21.5. The average molecular weight is 471 g/mol. The Morgan fingerprint density at radius 3 is 2.70 bits per heavy atom. The van der Waals surface area contributed by atoms with Gasteiger partial charge in [0, 0.05) is 4.47 Å². The molecule has 8 heteroatoms. The molecule has 0 aliphatic rings. The smallest absolute Gasteiger partial charge is 0.275 e. The summed E-state index contributed by atoms with van der Waals surface area (Å²) in [6, 6.07) is 16.7. The summed E-state index contributed by atoms with van der Waals surface area (Å²) in [5.74, 6) is 0.0473. The number of hydrogen-bond acceptors (Lipinski definition) is 6. The monoisotopic (exact) mass is 470 g/mol. The maximum Gasteiger partial charge on any atom is 0.275 e. The minimum Gasteiger partial charge on any atom is -0.508 e. The van der Waals surface area contributed by atoms with Crippen molar-refractivity contribution in [2.45, 2.75) is 6.61 Å². The largest absolute Gasteiger partial charge is 0.508 e. The zero-order valence-corrected chi connectivity index (χ0v) is 17.6. The van der Waals surface area contributed by atoms with Crippen LogP contribution in [-0.2, 0) is 6.61 Å². The highest BCUT2D eigenvalue weighted by atomic mass is 79.9. The van der Waals surface area contributed by atoms with Crippen LogP contribution in [0.2, 0.25) is 0 Å². The number of benzene rings is 3. The van der Waals surface area contributed by atoms with Gasteiger partial charge in [0.05, 0.1) is 18.9 Å². The maximum atomic E-state index is 12.1. The summed E-state index contributed by atoms with van der Waals surface area (Å²) < 4.78 is 12.2. The van der Waals surface area contributed by atoms with Crippen LogP contribution in [-0.4, -0.2) is 29.4 Å². The van der Waals surface area contributed by atoms with Crippen molar-refractivity contribution in [2.75, 3.05) is 7.11 Å². The Kier molecular flexibility index (Phi) is 6.92. The fraction of sp³-hybridized carbons (Fsp3) is 0.0909. The third kappa shape index (κ3) is 5.51. The van der Waals surface area contributed by atoms with E-state index in [1.807, 2.05) is 24.3 Å². The second kappa shape index (κ2) is 9.80. The highest BCUT2D eigenvalue weighted by Gasteiger charge is 2.11. The van der Waals surface area contributed by atoms with Gasteiger partial charge in [0.2, 0.25) is 0 Å². The van der Waals surface area contributed by atoms with E-state index in [9.17, 15) is 15.0 Å². The zero-order valence-electron chi connectivity index (χ0n) is 16.0. The Hall–Kier alpha value is -3.52. The first kappa shape index (κ1) is 21.2. The van der Waals surface area contributed by atoms with Crippen molar-refractivity contribution in [3.8, 4) is 23.0 Å². The van der Waals surface area contributed by atoms with Crippen LogP contribution in [0.1, 0.15) is 21.5 Å². The number of hydrazone groups is 1. The quantitative estimate of drug-likeness (QED) is 0.272. The van der Waals surface area contributed by atoms with Gasteiger partial charge in [-0.15, -0.1) is 0 Å². The molecule has 0 fully saturated rings. The lowest BCUT2D eigenvalue weighted by molar-refractivity contribution is 0.0952. The molecule has 154 valence electrons. The van der Waals surface area contributed by atoms with Crippen LogP contribution in [0, 0.1) is 0 Å². The van der Waals surface area contributed by atoms with Crippen molar-refractivity contribution >= 4 is 28.1 Å². The minimum atomic E-state index is -0.653. The lowest BCUT2D eigenvalue weighted by Gasteiger charge is -2.11. The first-order valence-corrected chi connectivity index (χ1v) is 9.66. The summed E-state index contributed by atoms with van der Waals surface area (Å²) in [4.78, 5) is 12.1. The Morgan fingerprint density at radius 2 is 1.93 bits per heavy atom. The fourth-order valence-corrected chi connectivity index (χ4v) is 3.05. The van der Waals surface area contributed by atoms with E-state index in [0.717, 1.165) is 16.1 Å². The summed E-state index contributed by atoms with van der Waals surface area (Å²) in [6.45, 7) is 0.351. The number of phenolic OH excluding ortho intramolecular Hbond substituents is 2. The number of nitrogens with one attached hydrogen (secondary N) is 1. The number of phenols is 2. The van der Waals surface area contributed by atoms with Crippen LogP contribution in [0.3, 0.4) is 0 Å². The van der Waals surface area contributed by atoms with Crippen molar-refractivity contribution in [3.05, 3.63) is 81.8 Å². The molecule has 7 nitrogen and oxygen atoms in total. The predicted molar refractivity (Wildman–Crippen MR) is 116 cm³/mol. The van der Waals surface area contributed by atoms with Gasteiger partial charge in [0.15, 0.2) is 11.5 Å². The van der Waals surface area contributed by atoms with Crippen LogP contribution in [0.4, 0.5) is 0 Å². The van der Waals surface area contributed by atoms with Gasteiger partial charge in [0.1, 0.15) is 18.1 Å². The molecule has 0 unspecified atom stereocenters. The van der Waals surface area contributed by atoms with E-state index in [-0.39, 0.29) is 17.1 Å². The van der Waals surface area contributed by atoms with Gasteiger partial charge in [-0.1, -0.05) is 28.1 Å². The first-order valence-electron chi connectivity index (χ1n) is 8.87. The number of aromatic hydroxyl groups is 2. The number of rotatable bonds is 7. The Balaban J connectivity index is 1.69. The number of ether oxygens (including phenoxy) is 2. The number of carbonyl (C=O) groups is 1. The summed E-state index contributed by atoms with van der Waals surface area (Å²) in [5.41, 5.74) is 3.88. The van der Waals surface area contributed by atoms with Gasteiger partial charge in [-0.05, 0) is 59.7 Å². The van der Waals surface area contributed by atoms with Crippen LogP contribution < -0.4 is 14.9 Å². The minimum absolute atomic E-state index is 0.0834. The Labute approximate surface area is 181 Å². The Morgan fingerprint density at radius 1 is 1.10 bits per heavy atom. The number of halogens is 1. The summed E-state index contributed by atoms with van der Waals surface area (Å²) in [5, 5.41) is 23.1. The van der Waals surface area contributed by atoms with Gasteiger partial charge in [-0.2, -0.15) is 5.10 Å². The molecule has 3 aromatic rings. The second-order valence-corrected chi connectivity index (χ2v) is 7.15. The molecule has 1 amide bonds. The highest BCUT2D eigenvalue weighted by molar-refractivity contribution is 9.10. The molecule has 0 spiro atoms. The van der Waals surface area contributed by atoms with Crippen LogP contribution in [0.15, 0.2) is 70.2 Å². The third-order valence-electron chi connectivity index (χ3n) is 4.08. The maximum absolute atomic E-state index is 12.1. The molecule has 0 atom stereocenters. The van der Waals surface area contributed by atoms with Crippen molar-refractivity contribution < 1.29 is 24.5 Å². The highest BCUT2D eigenvalue weighted by Crippen LogP contribution is 2.28. The van der Waals surface area contributed by atoms with Crippen molar-refractivity contribution in [3.63, 3.8) is 0 Å². The van der Waals surface area contributed by atoms with Crippen molar-refractivity contribution in [2.24, 2.45) is 5.10 Å². The SMILES string of the molecule is COc1ccc(/C=N\NC(=O)c2cc(O)ccc2O)cc1OCc1cccc(Br)c1. The Bertz CT molecular complexity index is 1080. The number of nitrogens with zero attached hydrogens (tertiary/aromatic N) is 1. The van der Waals surface area contributed by atoms with Gasteiger partial charge in [-0.25, -0.2) is 5.43 Å². The molecule has 0 aliphatic heterocycles. The predicted octanol–water partition coefficient (Wildman–Crippen LogP) is 4.21. The molecule has 0 aromatic heterocycles. The van der Waals surface area contributed by atoms with Gasteiger partial charge in [0.25, 0.3) is 5.91 Å². The van der Waals surface area contributed by atoms with E-state index < -0.39 is 5.91 Å². The lowest BCUT2D eigenvalue weighted by Crippen LogP contribution is -2.17. The second-order valence-electron chi connectivity index (χ2n) is 6.23. The first-order chi connectivity index (χ1) is 14.5. The topological polar surface area (TPSA) is 100 Å². The molecule has 0 saturated heterocycles. The van der Waals surface area contributed by atoms with E-state index in [1.54, 1.807) is 25.3 Å². The van der Waals surface area contributed by atoms with E-state index in [2.05, 4.69) is 26.5 Å². The number of carbonyl (C=O) groups excluding carboxylic acids is 1. The van der Waals surface area contributed by atoms with Crippen molar-refractivity contribution in [1.29, 1.82) is 0 Å². The van der Waals surface area contributed by atoms with Crippen molar-refractivity contribution in [1.82, 2.24) is 5.43 Å². The van der Waals surface area contributed by atoms with E-state index in [1.165, 1.54) is 18.3 Å². The standard InChI is InChI=1S/C22H19BrN2O5/c1-29-20-8-5-14(10-21(20)30-13-15-3-2-4-16(23)9-15)12-24-25-22(28)18-11-17(26)6-7-19(18)27/h2-12,26-27H,13H2,1H3,(H,25,28)/b24-12-. The lowest BCUT2D eigenvalue weighted by atomic mass is 10.2. The van der Waals surface area contributed by atoms with Crippen LogP contribution in [0.25, 0.3) is 0 Å². The number of hydrogen-bond donors (Lipinski definition) is 3. The molecule has 0 bridgehead atoms. The molecule has 30 heavy (non-hydrogen) atoms. The molecule has 3 aromatic carbocycles. The molecule has 0 heterocycles. The van der Waals surface area contributed by atoms with Crippen LogP contribution in [0.5, 0.6) is 23.0 Å². The molecular weight excluding hydrogens is 452 g/mol. The number of methoxy groups -OCH3 is 1. The fourth-order valence-electron chi connectivity index (χ4n) is 2.61. The molecular formula is C22H19BrN2O5. The normalized spacial score (nSPS) is 10.7. The van der Waals surface area contributed by atoms with E-state index in [0.29, 0.717) is 23.7 Å². The van der Waals surface area contributed by atoms with Gasteiger partial charge >= 0.3 is 0 Å². The summed E-state index contributed by atoms with van der Waals surface area (Å²) in [6.07, 6.45) is 1.43. The molecule has 0 saturated carbocycles. The summed E-state index contributed by atoms with van der Waals surface area (Å²) in [7, 11) is 1.55. The number of amides is 1. The molecule has 0 aliphatic carbocycles. The molecule has 3 rings (SSSR count). The average Bonchev–Trinajstić information content (AvgIpc) is 2.74. The van der Waals surface area contributed by atoms with Gasteiger partial charge in [-0.3, -0.25) is 4.79 Å². The molecule has 3 N–H and O–H groups in total. The van der Waals surface area contributed by atoms with E-state index in [4.69, 9.17) is 9.47 Å². The van der Waals surface area contributed by atoms with Crippen LogP contribution >= 0.6 is 15.9 Å². The van der Waals surface area contributed by atoms with Gasteiger partial charge < -0.3 is 19.7 Å². The third-order valence-corrected chi connectivity index (χ3v) is 4.57. The summed E-state index contributed by atoms with van der Waals surface area (Å²) >= 11 is 3.43. The van der Waals surface area contributed by atoms with E-state index >= 15 is 0 Å². The molecule has 0 radical (unpaired) electrons.